The molecular weight excluding hydrogens is 1570 g/mol. The van der Waals surface area contributed by atoms with Gasteiger partial charge in [0.25, 0.3) is 49.1 Å². The van der Waals surface area contributed by atoms with Crippen LogP contribution in [0.15, 0.2) is 173 Å². The van der Waals surface area contributed by atoms with Crippen molar-refractivity contribution in [3.05, 3.63) is 184 Å². The van der Waals surface area contributed by atoms with Gasteiger partial charge in [0.1, 0.15) is 11.9 Å². The summed E-state index contributed by atoms with van der Waals surface area (Å²) < 4.78 is 86.9. The van der Waals surface area contributed by atoms with Gasteiger partial charge in [-0.3, -0.25) is 54.3 Å². The molecule has 42 heteroatoms. The first kappa shape index (κ1) is 118. The van der Waals surface area contributed by atoms with Crippen LogP contribution >= 0.6 is 39.2 Å². The molecule has 0 saturated carbocycles. The number of para-hydroxylation sites is 3. The molecule has 0 atom stereocenters. The summed E-state index contributed by atoms with van der Waals surface area (Å²) in [5.41, 5.74) is 3.39. The van der Waals surface area contributed by atoms with Crippen LogP contribution in [0.25, 0.3) is 0 Å². The van der Waals surface area contributed by atoms with E-state index < -0.39 is 83.2 Å². The average Bonchev–Trinajstić information content (AvgIpc) is 0.828. The van der Waals surface area contributed by atoms with Crippen LogP contribution in [0.5, 0.6) is 0 Å². The number of nitro benzene ring substituents is 3. The molecule has 4 aromatic rings. The molecule has 4 N–H and O–H groups in total. The van der Waals surface area contributed by atoms with Crippen molar-refractivity contribution in [2.45, 2.75) is 61.1 Å². The molecule has 0 fully saturated rings. The number of nitrogens with zero attached hydrogens (tertiary/aromatic N) is 5. The van der Waals surface area contributed by atoms with E-state index in [-0.39, 0.29) is 264 Å². The van der Waals surface area contributed by atoms with Gasteiger partial charge in [-0.25, -0.2) is 30.0 Å². The van der Waals surface area contributed by atoms with Gasteiger partial charge >= 0.3 is 223 Å². The number of carbonyl (C=O) groups excluding carboxylic acids is 5. The Morgan fingerprint density at radius 2 is 0.939 bits per heavy atom. The van der Waals surface area contributed by atoms with Crippen molar-refractivity contribution in [2.24, 2.45) is 5.73 Å². The Kier molecular flexibility index (Phi) is 94.0. The second-order valence-electron chi connectivity index (χ2n) is 15.7. The maximum atomic E-state index is 12.6. The molecule has 0 radical (unpaired) electrons. The van der Waals surface area contributed by atoms with Gasteiger partial charge in [-0.1, -0.05) is 116 Å². The number of thiol groups is 1. The fraction of sp³-hybridized carbons (Fsp3) is 0.339. The molecule has 0 aromatic heterocycles. The Balaban J connectivity index is -0.0000000898. The Hall–Kier alpha value is -1.37. The Morgan fingerprint density at radius 1 is 0.592 bits per heavy atom. The van der Waals surface area contributed by atoms with Crippen molar-refractivity contribution in [1.82, 2.24) is 19.2 Å². The Bertz CT molecular complexity index is 3190. The third kappa shape index (κ3) is 65.4. The summed E-state index contributed by atoms with van der Waals surface area (Å²) >= 11 is 7.03. The molecule has 4 rings (SSSR count). The SMILES string of the molecule is C=CCN.C=CCN(CC(=O)OCC)S(=O)(=O)c1ccccc1[N+](=O)[O-].C=CCNCC(=O)OCC.C=CCNS(=O)(=O)c1ccccc1[N+](=O)[O-].CCN(CC)CC.CCOC(=O)CBr.O=CO[O-].O=CO[O-].O=[N+]([O-])c1ccccc1S(=O)(=O)Cl.Sc1ccccc1.[H-].[H-].[K+].[K+].[K+].[K+]. The van der Waals surface area contributed by atoms with Gasteiger partial charge in [-0.05, 0) is 70.7 Å². The molecule has 532 valence electrons. The normalized spacial score (nSPS) is 9.33. The molecular formula is C56H82BrClK4N8O24S4. The third-order valence-electron chi connectivity index (χ3n) is 9.34. The zero-order valence-electron chi connectivity index (χ0n) is 58.3. The summed E-state index contributed by atoms with van der Waals surface area (Å²) in [6.07, 6.45) is 5.98. The number of nitrogens with one attached hydrogen (secondary N) is 2. The summed E-state index contributed by atoms with van der Waals surface area (Å²) in [6, 6.07) is 24.8. The van der Waals surface area contributed by atoms with E-state index in [1.165, 1.54) is 74.3 Å². The molecule has 32 nitrogen and oxygen atoms in total. The molecule has 4 aromatic carbocycles. The molecule has 0 aliphatic rings. The van der Waals surface area contributed by atoms with Crippen LogP contribution in [0, 0.1) is 30.3 Å². The molecule has 0 heterocycles. The number of benzene rings is 4. The van der Waals surface area contributed by atoms with Crippen molar-refractivity contribution in [2.75, 3.05) is 84.1 Å². The van der Waals surface area contributed by atoms with E-state index in [0.29, 0.717) is 31.6 Å². The molecule has 0 spiro atoms. The van der Waals surface area contributed by atoms with Crippen LogP contribution in [0.1, 0.15) is 44.4 Å². The van der Waals surface area contributed by atoms with Gasteiger partial charge in [0.2, 0.25) is 10.0 Å². The van der Waals surface area contributed by atoms with Crippen molar-refractivity contribution < 1.29 is 307 Å². The standard InChI is InChI=1S/C13H16N2O6S.C9H10N2O4S.C7H13NO2.C6H4ClNO4S.C6H15N.C6H6S.C4H7BrO2.C3H7N.2CH2O3.4K.2H/c1-3-9-14(10-13(16)21-4-2)22(19,20)12-8-6-5-7-11(12)15(17)18;1-2-7-10-16(14,15)9-6-4-3-5-8(9)11(12)13;1-3-5-8-6-7(9)10-4-2;7-13(11,12)6-4-2-1-3-5(6)8(9)10;1-4-7(5-2)6-3;7-6-4-2-1-3-5-6;1-2-7-4(6)3-5;1-2-3-4;2*2-1-4-3;;;;;;/h3,5-8H,1,4,9-10H2,2H3;2-6,10H,1,7H2;3,8H,1,4-6H2,2H3;1-4H;4-6H2,1-3H3;1-5,7H;2-3H2,1H3;2H,1,3-4H2;2*1,3H;;;;;;/q;;;;;;;;;;4*+1;2*-1/p-2. The summed E-state index contributed by atoms with van der Waals surface area (Å²) in [7, 11) is -7.17. The molecule has 98 heavy (non-hydrogen) atoms. The minimum Gasteiger partial charge on any atom is -1.00 e. The average molecular weight is 1650 g/mol. The number of rotatable bonds is 28. The van der Waals surface area contributed by atoms with Crippen molar-refractivity contribution in [1.29, 1.82) is 0 Å². The first-order valence-electron chi connectivity index (χ1n) is 26.8. The van der Waals surface area contributed by atoms with Gasteiger partial charge in [-0.2, -0.15) is 4.31 Å². The number of halogens is 2. The van der Waals surface area contributed by atoms with Crippen LogP contribution in [-0.2, 0) is 77.1 Å². The summed E-state index contributed by atoms with van der Waals surface area (Å²) in [5.74, 6) is -1.17. The van der Waals surface area contributed by atoms with E-state index in [9.17, 15) is 70.0 Å². The number of nitro groups is 3. The third-order valence-corrected chi connectivity index (χ3v) is 14.8. The summed E-state index contributed by atoms with van der Waals surface area (Å²) in [6.45, 7) is 30.3. The number of sulfonamides is 2. The van der Waals surface area contributed by atoms with Gasteiger partial charge in [-0.15, -0.1) is 38.9 Å². The minimum atomic E-state index is -4.23. The van der Waals surface area contributed by atoms with Crippen LogP contribution in [-0.4, -0.2) is 164 Å². The fourth-order valence-electron chi connectivity index (χ4n) is 5.39. The van der Waals surface area contributed by atoms with Crippen LogP contribution in [0.3, 0.4) is 0 Å². The van der Waals surface area contributed by atoms with Crippen molar-refractivity contribution >= 4 is 116 Å². The second kappa shape index (κ2) is 78.2. The number of hydrogen-bond acceptors (Lipinski definition) is 28. The minimum absolute atomic E-state index is 0. The zero-order valence-corrected chi connectivity index (χ0v) is 74.5. The van der Waals surface area contributed by atoms with Gasteiger partial charge in [0, 0.05) is 60.0 Å². The number of carbonyl (C=O) groups is 5. The monoisotopic (exact) mass is 1650 g/mol. The molecule has 0 saturated heterocycles. The zero-order chi connectivity index (χ0) is 73.6. The van der Waals surface area contributed by atoms with E-state index in [1.807, 2.05) is 30.3 Å². The number of alkyl halides is 1. The molecule has 0 aliphatic heterocycles. The van der Waals surface area contributed by atoms with Crippen LogP contribution in [0.4, 0.5) is 17.1 Å². The quantitative estimate of drug-likeness (QED) is 0.00334. The smallest absolute Gasteiger partial charge is 1.00 e. The molecule has 0 unspecified atom stereocenters. The number of ether oxygens (including phenoxy) is 3. The first-order chi connectivity index (χ1) is 44.4. The maximum Gasteiger partial charge on any atom is 1.00 e. The molecule has 0 aliphatic carbocycles. The van der Waals surface area contributed by atoms with E-state index in [1.54, 1.807) is 32.9 Å². The van der Waals surface area contributed by atoms with Gasteiger partial charge in [0.05, 0.1) is 41.1 Å². The first-order valence-corrected chi connectivity index (χ1v) is 33.6. The molecule has 0 bridgehead atoms. The fourth-order valence-corrected chi connectivity index (χ4v) is 9.43. The van der Waals surface area contributed by atoms with Crippen molar-refractivity contribution in [3.63, 3.8) is 0 Å². The topological polar surface area (TPSA) is 466 Å². The summed E-state index contributed by atoms with van der Waals surface area (Å²) in [4.78, 5) is 86.5. The predicted molar refractivity (Wildman–Crippen MR) is 356 cm³/mol. The maximum absolute atomic E-state index is 12.6. The van der Waals surface area contributed by atoms with E-state index >= 15 is 0 Å². The summed E-state index contributed by atoms with van der Waals surface area (Å²) in [5, 5.41) is 52.0. The number of nitrogens with two attached hydrogens (primary N) is 1. The number of hydrogen-bond donors (Lipinski definition) is 4. The van der Waals surface area contributed by atoms with Crippen molar-refractivity contribution in [3.8, 4) is 0 Å². The van der Waals surface area contributed by atoms with E-state index in [4.69, 9.17) is 41.3 Å². The predicted octanol–water partition coefficient (Wildman–Crippen LogP) is -6.25. The van der Waals surface area contributed by atoms with Crippen LogP contribution in [0.2, 0.25) is 0 Å². The largest absolute Gasteiger partial charge is 1.00 e. The Labute approximate surface area is 764 Å². The van der Waals surface area contributed by atoms with Gasteiger partial charge in [0.15, 0.2) is 14.7 Å². The molecule has 0 amide bonds. The van der Waals surface area contributed by atoms with E-state index in [2.05, 4.69) is 110 Å². The second-order valence-corrected chi connectivity index (χ2v) is 22.9. The number of esters is 3. The Morgan fingerprint density at radius 3 is 1.22 bits per heavy atom. The van der Waals surface area contributed by atoms with Crippen LogP contribution < -0.4 is 232 Å². The van der Waals surface area contributed by atoms with Gasteiger partial charge < -0.3 is 53.3 Å². The van der Waals surface area contributed by atoms with E-state index in [0.717, 1.165) is 39.5 Å².